The second-order valence-corrected chi connectivity index (χ2v) is 4.88. The molecular formula is C14H21NO2. The number of aromatic hydroxyl groups is 1. The largest absolute Gasteiger partial charge is 0.508 e. The molecule has 0 atom stereocenters. The zero-order chi connectivity index (χ0) is 12.3. The number of piperidine rings is 1. The molecule has 0 aromatic heterocycles. The van der Waals surface area contributed by atoms with Crippen LogP contribution in [0.3, 0.4) is 0 Å². The van der Waals surface area contributed by atoms with Gasteiger partial charge < -0.3 is 15.2 Å². The van der Waals surface area contributed by atoms with Crippen molar-refractivity contribution in [2.45, 2.75) is 38.7 Å². The summed E-state index contributed by atoms with van der Waals surface area (Å²) in [4.78, 5) is 0. The lowest BCUT2D eigenvalue weighted by atomic mass is 9.89. The van der Waals surface area contributed by atoms with E-state index in [2.05, 4.69) is 5.32 Å². The number of ether oxygens (including phenoxy) is 1. The molecule has 1 aliphatic heterocycles. The second kappa shape index (κ2) is 5.41. The Labute approximate surface area is 103 Å². The van der Waals surface area contributed by atoms with Gasteiger partial charge >= 0.3 is 0 Å². The highest BCUT2D eigenvalue weighted by molar-refractivity contribution is 5.46. The summed E-state index contributed by atoms with van der Waals surface area (Å²) in [6, 6.07) is 5.55. The van der Waals surface area contributed by atoms with Crippen LogP contribution in [-0.4, -0.2) is 24.3 Å². The smallest absolute Gasteiger partial charge is 0.126 e. The topological polar surface area (TPSA) is 41.5 Å². The molecular weight excluding hydrogens is 214 g/mol. The van der Waals surface area contributed by atoms with Crippen molar-refractivity contribution in [1.29, 1.82) is 0 Å². The summed E-state index contributed by atoms with van der Waals surface area (Å²) in [7, 11) is 0. The number of rotatable bonds is 3. The monoisotopic (exact) mass is 235 g/mol. The van der Waals surface area contributed by atoms with E-state index in [0.29, 0.717) is 11.7 Å². The van der Waals surface area contributed by atoms with Crippen LogP contribution in [0.1, 0.15) is 38.2 Å². The highest BCUT2D eigenvalue weighted by Crippen LogP contribution is 2.39. The van der Waals surface area contributed by atoms with Gasteiger partial charge in [-0.05, 0) is 57.8 Å². The van der Waals surface area contributed by atoms with E-state index in [1.807, 2.05) is 26.0 Å². The number of benzene rings is 1. The minimum absolute atomic E-state index is 0.136. The summed E-state index contributed by atoms with van der Waals surface area (Å²) in [5, 5.41) is 13.4. The molecule has 94 valence electrons. The second-order valence-electron chi connectivity index (χ2n) is 4.88. The lowest BCUT2D eigenvalue weighted by Gasteiger charge is -2.26. The molecule has 0 aliphatic carbocycles. The maximum absolute atomic E-state index is 10.1. The predicted molar refractivity (Wildman–Crippen MR) is 68.7 cm³/mol. The zero-order valence-corrected chi connectivity index (χ0v) is 10.6. The summed E-state index contributed by atoms with van der Waals surface area (Å²) >= 11 is 0. The summed E-state index contributed by atoms with van der Waals surface area (Å²) < 4.78 is 5.80. The third kappa shape index (κ3) is 2.91. The van der Waals surface area contributed by atoms with Gasteiger partial charge in [-0.3, -0.25) is 0 Å². The van der Waals surface area contributed by atoms with Gasteiger partial charge in [-0.25, -0.2) is 0 Å². The molecule has 2 N–H and O–H groups in total. The van der Waals surface area contributed by atoms with Gasteiger partial charge in [-0.1, -0.05) is 6.07 Å². The van der Waals surface area contributed by atoms with Gasteiger partial charge in [-0.15, -0.1) is 0 Å². The quantitative estimate of drug-likeness (QED) is 0.846. The van der Waals surface area contributed by atoms with Crippen LogP contribution in [0.25, 0.3) is 0 Å². The van der Waals surface area contributed by atoms with Crippen LogP contribution in [0, 0.1) is 0 Å². The lowest BCUT2D eigenvalue weighted by molar-refractivity contribution is 0.235. The Hall–Kier alpha value is -1.22. The summed E-state index contributed by atoms with van der Waals surface area (Å²) in [6.45, 7) is 6.05. The molecule has 0 bridgehead atoms. The Morgan fingerprint density at radius 2 is 2.00 bits per heavy atom. The molecule has 1 heterocycles. The third-order valence-corrected chi connectivity index (χ3v) is 3.15. The molecule has 2 rings (SSSR count). The van der Waals surface area contributed by atoms with Gasteiger partial charge in [-0.2, -0.15) is 0 Å². The van der Waals surface area contributed by atoms with Crippen molar-refractivity contribution >= 4 is 0 Å². The SMILES string of the molecule is CC(C)Oc1cccc(O)c1C1CCNCC1. The van der Waals surface area contributed by atoms with Crippen LogP contribution >= 0.6 is 0 Å². The van der Waals surface area contributed by atoms with E-state index in [4.69, 9.17) is 4.74 Å². The molecule has 1 aromatic carbocycles. The fraction of sp³-hybridized carbons (Fsp3) is 0.571. The van der Waals surface area contributed by atoms with Crippen molar-refractivity contribution in [2.75, 3.05) is 13.1 Å². The van der Waals surface area contributed by atoms with Gasteiger partial charge in [0, 0.05) is 5.56 Å². The number of hydrogen-bond donors (Lipinski definition) is 2. The molecule has 0 spiro atoms. The van der Waals surface area contributed by atoms with Crippen LogP contribution in [0.4, 0.5) is 0 Å². The first kappa shape index (κ1) is 12.2. The predicted octanol–water partition coefficient (Wildman–Crippen LogP) is 2.65. The standard InChI is InChI=1S/C14H21NO2/c1-10(2)17-13-5-3-4-12(16)14(13)11-6-8-15-9-7-11/h3-5,10-11,15-16H,6-9H2,1-2H3. The Morgan fingerprint density at radius 1 is 1.29 bits per heavy atom. The molecule has 1 aliphatic rings. The highest BCUT2D eigenvalue weighted by Gasteiger charge is 2.22. The van der Waals surface area contributed by atoms with E-state index < -0.39 is 0 Å². The third-order valence-electron chi connectivity index (χ3n) is 3.15. The minimum Gasteiger partial charge on any atom is -0.508 e. The number of phenolic OH excluding ortho intramolecular Hbond substituents is 1. The summed E-state index contributed by atoms with van der Waals surface area (Å²) in [6.07, 6.45) is 2.26. The molecule has 17 heavy (non-hydrogen) atoms. The number of hydrogen-bond acceptors (Lipinski definition) is 3. The van der Waals surface area contributed by atoms with Crippen molar-refractivity contribution in [3.05, 3.63) is 23.8 Å². The summed E-state index contributed by atoms with van der Waals surface area (Å²) in [5.41, 5.74) is 0.989. The average molecular weight is 235 g/mol. The first-order valence-electron chi connectivity index (χ1n) is 6.37. The van der Waals surface area contributed by atoms with E-state index in [1.165, 1.54) is 0 Å². The number of nitrogens with one attached hydrogen (secondary N) is 1. The molecule has 1 fully saturated rings. The first-order valence-corrected chi connectivity index (χ1v) is 6.37. The van der Waals surface area contributed by atoms with Crippen LogP contribution in [0.15, 0.2) is 18.2 Å². The van der Waals surface area contributed by atoms with Gasteiger partial charge in [0.05, 0.1) is 6.10 Å². The van der Waals surface area contributed by atoms with Crippen molar-refractivity contribution in [3.8, 4) is 11.5 Å². The van der Waals surface area contributed by atoms with Crippen LogP contribution < -0.4 is 10.1 Å². The first-order chi connectivity index (χ1) is 8.18. The Morgan fingerprint density at radius 3 is 2.65 bits per heavy atom. The van der Waals surface area contributed by atoms with Crippen molar-refractivity contribution in [2.24, 2.45) is 0 Å². The Bertz CT molecular complexity index is 370. The van der Waals surface area contributed by atoms with Gasteiger partial charge in [0.25, 0.3) is 0 Å². The van der Waals surface area contributed by atoms with Crippen molar-refractivity contribution in [3.63, 3.8) is 0 Å². The van der Waals surface area contributed by atoms with E-state index in [9.17, 15) is 5.11 Å². The maximum atomic E-state index is 10.1. The lowest BCUT2D eigenvalue weighted by Crippen LogP contribution is -2.27. The molecule has 0 saturated carbocycles. The van der Waals surface area contributed by atoms with Gasteiger partial charge in [0.15, 0.2) is 0 Å². The van der Waals surface area contributed by atoms with E-state index >= 15 is 0 Å². The average Bonchev–Trinajstić information content (AvgIpc) is 2.29. The maximum Gasteiger partial charge on any atom is 0.126 e. The molecule has 0 unspecified atom stereocenters. The van der Waals surface area contributed by atoms with Crippen molar-refractivity contribution < 1.29 is 9.84 Å². The highest BCUT2D eigenvalue weighted by atomic mass is 16.5. The van der Waals surface area contributed by atoms with Gasteiger partial charge in [0.2, 0.25) is 0 Å². The molecule has 3 nitrogen and oxygen atoms in total. The van der Waals surface area contributed by atoms with Gasteiger partial charge in [0.1, 0.15) is 11.5 Å². The van der Waals surface area contributed by atoms with E-state index in [0.717, 1.165) is 37.2 Å². The zero-order valence-electron chi connectivity index (χ0n) is 10.6. The normalized spacial score (nSPS) is 17.4. The summed E-state index contributed by atoms with van der Waals surface area (Å²) in [5.74, 6) is 1.62. The fourth-order valence-electron chi connectivity index (χ4n) is 2.41. The Balaban J connectivity index is 2.28. The van der Waals surface area contributed by atoms with E-state index in [1.54, 1.807) is 6.07 Å². The minimum atomic E-state index is 0.136. The van der Waals surface area contributed by atoms with Crippen LogP contribution in [0.5, 0.6) is 11.5 Å². The fourth-order valence-corrected chi connectivity index (χ4v) is 2.41. The molecule has 1 aromatic rings. The van der Waals surface area contributed by atoms with Crippen LogP contribution in [-0.2, 0) is 0 Å². The molecule has 3 heteroatoms. The number of phenols is 1. The van der Waals surface area contributed by atoms with E-state index in [-0.39, 0.29) is 6.10 Å². The Kier molecular flexibility index (Phi) is 3.89. The molecule has 1 saturated heterocycles. The molecule has 0 radical (unpaired) electrons. The molecule has 0 amide bonds. The van der Waals surface area contributed by atoms with Crippen LogP contribution in [0.2, 0.25) is 0 Å². The van der Waals surface area contributed by atoms with Crippen molar-refractivity contribution in [1.82, 2.24) is 5.32 Å².